The number of carboxylic acid groups (broad SMARTS) is 1. The molecule has 0 spiro atoms. The third kappa shape index (κ3) is 20.4. The van der Waals surface area contributed by atoms with Crippen molar-refractivity contribution in [3.05, 3.63) is 88.3 Å². The van der Waals surface area contributed by atoms with Crippen molar-refractivity contribution in [2.45, 2.75) is 152 Å². The molecular weight excluding hydrogens is 831 g/mol. The van der Waals surface area contributed by atoms with Gasteiger partial charge < -0.3 is 54.9 Å². The van der Waals surface area contributed by atoms with Gasteiger partial charge >= 0.3 is 0 Å². The van der Waals surface area contributed by atoms with Gasteiger partial charge in [0.1, 0.15) is 24.6 Å². The van der Waals surface area contributed by atoms with Crippen LogP contribution in [-0.2, 0) is 45.5 Å². The number of phenolic OH excluding ortho intramolecular Hbond substituents is 2. The third-order valence-electron chi connectivity index (χ3n) is 11.7. The molecule has 0 aromatic heterocycles. The second kappa shape index (κ2) is 26.9. The molecule has 1 saturated carbocycles. The molecule has 2 aromatic carbocycles. The summed E-state index contributed by atoms with van der Waals surface area (Å²) < 4.78 is 1.88. The number of hydrogen-bond donors (Lipinski definition) is 3. The van der Waals surface area contributed by atoms with Crippen LogP contribution in [0.25, 0.3) is 0 Å². The number of aromatic hydroxyl groups is 2. The van der Waals surface area contributed by atoms with Crippen LogP contribution >= 0.6 is 0 Å². The van der Waals surface area contributed by atoms with Crippen molar-refractivity contribution in [2.75, 3.05) is 39.3 Å². The Labute approximate surface area is 374 Å². The van der Waals surface area contributed by atoms with Gasteiger partial charge in [-0.3, -0.25) is 14.8 Å². The van der Waals surface area contributed by atoms with Gasteiger partial charge in [0.2, 0.25) is 0 Å². The molecule has 0 aliphatic heterocycles. The van der Waals surface area contributed by atoms with E-state index in [0.29, 0.717) is 11.5 Å². The summed E-state index contributed by atoms with van der Waals surface area (Å²) in [6.45, 7) is 35.8. The van der Waals surface area contributed by atoms with Gasteiger partial charge in [0.15, 0.2) is 0 Å². The monoisotopic (exact) mass is 905 g/mol. The number of phenols is 2. The van der Waals surface area contributed by atoms with Crippen LogP contribution in [0.15, 0.2) is 34.3 Å². The Morgan fingerprint density at radius 2 is 0.902 bits per heavy atom. The Morgan fingerprint density at radius 1 is 0.656 bits per heavy atom. The van der Waals surface area contributed by atoms with Crippen LogP contribution in [0.5, 0.6) is 11.5 Å². The molecule has 0 heterocycles. The van der Waals surface area contributed by atoms with Crippen LogP contribution in [0.4, 0.5) is 0 Å². The summed E-state index contributed by atoms with van der Waals surface area (Å²) >= 11 is 0. The van der Waals surface area contributed by atoms with E-state index in [-0.39, 0.29) is 39.7 Å². The number of nitrogens with zero attached hydrogens (tertiary/aromatic N) is 6. The molecule has 17 heteroatoms. The average molecular weight is 906 g/mol. The minimum Gasteiger partial charge on any atom is -0.507 e. The molecule has 0 unspecified atom stereocenters. The molecule has 1 fully saturated rings. The fraction of sp³-hybridized carbons (Fsp3) is 0.659. The van der Waals surface area contributed by atoms with Crippen molar-refractivity contribution in [1.82, 2.24) is 0 Å². The molecule has 1 aliphatic rings. The first-order chi connectivity index (χ1) is 27.7. The molecule has 3 N–H and O–H groups in total. The van der Waals surface area contributed by atoms with E-state index in [0.717, 1.165) is 116 Å². The summed E-state index contributed by atoms with van der Waals surface area (Å²) in [6, 6.07) is 8.74. The second-order valence-corrected chi connectivity index (χ2v) is 17.5. The quantitative estimate of drug-likeness (QED) is 0.0704. The molecule has 1 aliphatic carbocycles. The number of quaternary nitrogens is 2. The number of rotatable bonds is 14. The number of carboxylic acids is 1. The van der Waals surface area contributed by atoms with E-state index in [1.165, 1.54) is 11.1 Å². The van der Waals surface area contributed by atoms with Crippen LogP contribution in [0, 0.1) is 30.6 Å². The summed E-state index contributed by atoms with van der Waals surface area (Å²) in [6.07, 6.45) is 8.01. The van der Waals surface area contributed by atoms with Crippen LogP contribution in [0.2, 0.25) is 0 Å². The predicted molar refractivity (Wildman–Crippen MR) is 240 cm³/mol. The fourth-order valence-electron chi connectivity index (χ4n) is 7.27. The fourth-order valence-corrected chi connectivity index (χ4v) is 7.27. The van der Waals surface area contributed by atoms with E-state index in [9.17, 15) is 10.2 Å². The van der Waals surface area contributed by atoms with E-state index in [2.05, 4.69) is 107 Å². The number of carbonyl (C=O) groups is 1. The zero-order chi connectivity index (χ0) is 46.6. The van der Waals surface area contributed by atoms with Gasteiger partial charge in [0.05, 0.1) is 61.5 Å². The third-order valence-corrected chi connectivity index (χ3v) is 11.7. The summed E-state index contributed by atoms with van der Waals surface area (Å²) in [5, 5.41) is 60.1. The smallest absolute Gasteiger partial charge is 0.300 e. The van der Waals surface area contributed by atoms with Gasteiger partial charge in [-0.15, -0.1) is 0 Å². The SMILES string of the molecule is CC(=O)O.CC[N+](CC)(CC)Cc1cc(C(C)(C)C)cc(C=N[C@@H]2CCCC[C@H]2N=Cc2cc(C(C)(C)C)cc(C[N+](CC)(CC)CC)c2O)c1O.O=[N+]([O-])[O-].O=[N+]([O-])[O-].[Co]. The minimum absolute atomic E-state index is 0. The number of benzene rings is 2. The maximum atomic E-state index is 11.6. The summed E-state index contributed by atoms with van der Waals surface area (Å²) in [5.74, 6) is -0.116. The van der Waals surface area contributed by atoms with E-state index >= 15 is 0 Å². The van der Waals surface area contributed by atoms with Gasteiger partial charge in [0.25, 0.3) is 5.97 Å². The first kappa shape index (κ1) is 58.8. The summed E-state index contributed by atoms with van der Waals surface area (Å²) in [5.41, 5.74) is 5.97. The molecular formula is C44H74CoN6O10. The van der Waals surface area contributed by atoms with Gasteiger partial charge in [-0.25, -0.2) is 0 Å². The Morgan fingerprint density at radius 3 is 1.11 bits per heavy atom. The normalized spacial score (nSPS) is 15.6. The Bertz CT molecular complexity index is 1570. The number of aliphatic carboxylic acids is 1. The zero-order valence-electron chi connectivity index (χ0n) is 38.8. The maximum absolute atomic E-state index is 11.6. The molecule has 61 heavy (non-hydrogen) atoms. The molecule has 2 aromatic rings. The average Bonchev–Trinajstić information content (AvgIpc) is 3.15. The second-order valence-electron chi connectivity index (χ2n) is 17.5. The van der Waals surface area contributed by atoms with Crippen LogP contribution in [-0.4, -0.2) is 104 Å². The maximum Gasteiger partial charge on any atom is 0.300 e. The van der Waals surface area contributed by atoms with Crippen molar-refractivity contribution in [3.63, 3.8) is 0 Å². The van der Waals surface area contributed by atoms with E-state index in [1.807, 2.05) is 12.4 Å². The Kier molecular flexibility index (Phi) is 25.9. The molecule has 3 rings (SSSR count). The summed E-state index contributed by atoms with van der Waals surface area (Å²) in [4.78, 5) is 35.8. The van der Waals surface area contributed by atoms with Crippen molar-refractivity contribution in [3.8, 4) is 11.5 Å². The standard InChI is InChI=1S/C42H68N4O2.C2H4O2.Co.2NO3/c1-13-45(14-2,15-3)29-33-25-35(41(7,8)9)23-31(39(33)47)27-43-37-21-19-20-22-38(37)44-28-32-24-36(42(10,11)12)26-34(40(32)48)30-46(16-4,17-5)18-6;1-2(3)4;;2*2-1(3)4/h23-28,37-38H,13-22,29-30H2,1-12H3;1H3,(H,3,4);;;/q;;;2*-1/p+2/t37-,38-;;;;/m1..../s1. The zero-order valence-corrected chi connectivity index (χ0v) is 39.9. The van der Waals surface area contributed by atoms with Crippen molar-refractivity contribution in [1.29, 1.82) is 0 Å². The molecule has 1 radical (unpaired) electrons. The number of aliphatic imine (C=N–C) groups is 2. The summed E-state index contributed by atoms with van der Waals surface area (Å²) in [7, 11) is 0. The van der Waals surface area contributed by atoms with Crippen LogP contribution < -0.4 is 0 Å². The predicted octanol–water partition coefficient (Wildman–Crippen LogP) is 8.91. The molecule has 0 amide bonds. The molecule has 2 atom stereocenters. The van der Waals surface area contributed by atoms with Gasteiger partial charge in [-0.05, 0) is 101 Å². The molecule has 0 bridgehead atoms. The van der Waals surface area contributed by atoms with Crippen LogP contribution in [0.3, 0.4) is 0 Å². The Hall–Kier alpha value is -4.32. The molecule has 16 nitrogen and oxygen atoms in total. The topological polar surface area (TPSA) is 235 Å². The molecule has 0 saturated heterocycles. The van der Waals surface area contributed by atoms with E-state index in [4.69, 9.17) is 50.5 Å². The van der Waals surface area contributed by atoms with E-state index in [1.54, 1.807) is 0 Å². The van der Waals surface area contributed by atoms with Crippen molar-refractivity contribution >= 4 is 18.4 Å². The van der Waals surface area contributed by atoms with Gasteiger partial charge in [0, 0.05) is 58.4 Å². The minimum atomic E-state index is -1.75. The number of hydrogen-bond acceptors (Lipinski definition) is 11. The van der Waals surface area contributed by atoms with Crippen molar-refractivity contribution in [2.24, 2.45) is 9.98 Å². The van der Waals surface area contributed by atoms with Crippen molar-refractivity contribution < 1.29 is 56.0 Å². The first-order valence-electron chi connectivity index (χ1n) is 21.0. The van der Waals surface area contributed by atoms with Gasteiger partial charge in [-0.1, -0.05) is 54.4 Å². The van der Waals surface area contributed by atoms with Gasteiger partial charge in [-0.2, -0.15) is 0 Å². The molecule has 349 valence electrons. The first-order valence-corrected chi connectivity index (χ1v) is 21.0. The Balaban J connectivity index is 0. The largest absolute Gasteiger partial charge is 0.507 e. The van der Waals surface area contributed by atoms with E-state index < -0.39 is 16.1 Å². The van der Waals surface area contributed by atoms with Crippen LogP contribution in [0.1, 0.15) is 149 Å².